The lowest BCUT2D eigenvalue weighted by atomic mass is 10.2. The smallest absolute Gasteiger partial charge is 0.324 e. The highest BCUT2D eigenvalue weighted by molar-refractivity contribution is 7.89. The summed E-state index contributed by atoms with van der Waals surface area (Å²) in [6, 6.07) is 5.37. The zero-order chi connectivity index (χ0) is 19.3. The second-order valence-electron chi connectivity index (χ2n) is 5.92. The fourth-order valence-electron chi connectivity index (χ4n) is 2.54. The lowest BCUT2D eigenvalue weighted by Gasteiger charge is -2.22. The summed E-state index contributed by atoms with van der Waals surface area (Å²) in [6.07, 6.45) is 0.834. The predicted molar refractivity (Wildman–Crippen MR) is 91.0 cm³/mol. The average Bonchev–Trinajstić information content (AvgIpc) is 3.09. The van der Waals surface area contributed by atoms with Gasteiger partial charge in [0, 0.05) is 13.5 Å². The fraction of sp³-hybridized carbons (Fsp3) is 0.438. The third-order valence-electron chi connectivity index (χ3n) is 3.83. The van der Waals surface area contributed by atoms with E-state index in [9.17, 15) is 22.8 Å². The van der Waals surface area contributed by atoms with Crippen LogP contribution in [0.15, 0.2) is 29.2 Å². The van der Waals surface area contributed by atoms with E-state index in [1.165, 1.54) is 19.1 Å². The van der Waals surface area contributed by atoms with Crippen molar-refractivity contribution < 1.29 is 27.5 Å². The Morgan fingerprint density at radius 3 is 2.46 bits per heavy atom. The molecule has 0 bridgehead atoms. The molecule has 1 atom stereocenters. The standard InChI is InChI=1S/C16H21N3O6S/c1-11-5-7-13(8-6-11)26(23,24)19-9-3-4-14(19)16(22)25-10-15(21)18-17-12(2)20/h5-8,14H,3-4,9-10H2,1-2H3,(H,17,20)(H,18,21)/t14-/m0/s1. The fourth-order valence-corrected chi connectivity index (χ4v) is 4.18. The summed E-state index contributed by atoms with van der Waals surface area (Å²) in [5, 5.41) is 0. The maximum Gasteiger partial charge on any atom is 0.324 e. The number of rotatable bonds is 5. The zero-order valence-electron chi connectivity index (χ0n) is 14.5. The van der Waals surface area contributed by atoms with E-state index in [0.717, 1.165) is 9.87 Å². The van der Waals surface area contributed by atoms with Crippen molar-refractivity contribution in [3.05, 3.63) is 29.8 Å². The summed E-state index contributed by atoms with van der Waals surface area (Å²) < 4.78 is 31.5. The zero-order valence-corrected chi connectivity index (χ0v) is 15.3. The van der Waals surface area contributed by atoms with Crippen LogP contribution >= 0.6 is 0 Å². The number of esters is 1. The predicted octanol–water partition coefficient (Wildman–Crippen LogP) is -0.141. The third kappa shape index (κ3) is 4.79. The molecular weight excluding hydrogens is 362 g/mol. The number of carbonyl (C=O) groups excluding carboxylic acids is 3. The lowest BCUT2D eigenvalue weighted by molar-refractivity contribution is -0.152. The molecule has 2 N–H and O–H groups in total. The summed E-state index contributed by atoms with van der Waals surface area (Å²) in [7, 11) is -3.83. The molecule has 1 aromatic carbocycles. The summed E-state index contributed by atoms with van der Waals surface area (Å²) in [5.74, 6) is -1.99. The van der Waals surface area contributed by atoms with E-state index < -0.39 is 40.5 Å². The highest BCUT2D eigenvalue weighted by Gasteiger charge is 2.40. The number of nitrogens with zero attached hydrogens (tertiary/aromatic N) is 1. The molecule has 0 saturated carbocycles. The monoisotopic (exact) mass is 383 g/mol. The first-order chi connectivity index (χ1) is 12.2. The van der Waals surface area contributed by atoms with E-state index in [2.05, 4.69) is 10.9 Å². The molecule has 0 spiro atoms. The van der Waals surface area contributed by atoms with Gasteiger partial charge in [-0.15, -0.1) is 0 Å². The van der Waals surface area contributed by atoms with Crippen LogP contribution in [0, 0.1) is 6.92 Å². The number of ether oxygens (including phenoxy) is 1. The minimum Gasteiger partial charge on any atom is -0.454 e. The number of sulfonamides is 1. The maximum absolute atomic E-state index is 12.8. The molecule has 10 heteroatoms. The van der Waals surface area contributed by atoms with Crippen molar-refractivity contribution in [2.45, 2.75) is 37.6 Å². The SMILES string of the molecule is CC(=O)NNC(=O)COC(=O)[C@@H]1CCCN1S(=O)(=O)c1ccc(C)cc1. The first-order valence-electron chi connectivity index (χ1n) is 8.02. The van der Waals surface area contributed by atoms with Crippen LogP contribution in [-0.4, -0.2) is 49.7 Å². The molecule has 1 heterocycles. The van der Waals surface area contributed by atoms with Crippen LogP contribution in [0.4, 0.5) is 0 Å². The van der Waals surface area contributed by atoms with Crippen LogP contribution in [0.5, 0.6) is 0 Å². The minimum atomic E-state index is -3.83. The maximum atomic E-state index is 12.8. The van der Waals surface area contributed by atoms with Crippen LogP contribution < -0.4 is 10.9 Å². The molecule has 1 aliphatic heterocycles. The highest BCUT2D eigenvalue weighted by Crippen LogP contribution is 2.27. The molecular formula is C16H21N3O6S. The first kappa shape index (κ1) is 19.9. The molecule has 0 radical (unpaired) electrons. The molecule has 2 amide bonds. The molecule has 1 fully saturated rings. The number of aryl methyl sites for hydroxylation is 1. The van der Waals surface area contributed by atoms with Gasteiger partial charge in [-0.25, -0.2) is 8.42 Å². The van der Waals surface area contributed by atoms with Gasteiger partial charge >= 0.3 is 5.97 Å². The topological polar surface area (TPSA) is 122 Å². The number of hydrogen-bond donors (Lipinski definition) is 2. The number of amides is 2. The van der Waals surface area contributed by atoms with Crippen molar-refractivity contribution in [3.63, 3.8) is 0 Å². The number of hydrazine groups is 1. The van der Waals surface area contributed by atoms with Crippen LogP contribution in [0.3, 0.4) is 0 Å². The van der Waals surface area contributed by atoms with Crippen LogP contribution in [-0.2, 0) is 29.1 Å². The van der Waals surface area contributed by atoms with Gasteiger partial charge in [0.15, 0.2) is 6.61 Å². The Labute approximate surface area is 151 Å². The number of carbonyl (C=O) groups is 3. The Hall–Kier alpha value is -2.46. The second-order valence-corrected chi connectivity index (χ2v) is 7.81. The van der Waals surface area contributed by atoms with Crippen molar-refractivity contribution in [1.82, 2.24) is 15.2 Å². The molecule has 142 valence electrons. The molecule has 26 heavy (non-hydrogen) atoms. The van der Waals surface area contributed by atoms with Crippen molar-refractivity contribution in [3.8, 4) is 0 Å². The summed E-state index contributed by atoms with van der Waals surface area (Å²) in [4.78, 5) is 34.5. The van der Waals surface area contributed by atoms with Crippen molar-refractivity contribution >= 4 is 27.8 Å². The van der Waals surface area contributed by atoms with Crippen molar-refractivity contribution in [2.75, 3.05) is 13.2 Å². The van der Waals surface area contributed by atoms with Gasteiger partial charge in [0.2, 0.25) is 15.9 Å². The van der Waals surface area contributed by atoms with Crippen LogP contribution in [0.1, 0.15) is 25.3 Å². The van der Waals surface area contributed by atoms with E-state index in [4.69, 9.17) is 4.74 Å². The number of hydrogen-bond acceptors (Lipinski definition) is 6. The van der Waals surface area contributed by atoms with Gasteiger partial charge in [-0.1, -0.05) is 17.7 Å². The van der Waals surface area contributed by atoms with Gasteiger partial charge in [-0.2, -0.15) is 4.31 Å². The van der Waals surface area contributed by atoms with Gasteiger partial charge in [0.25, 0.3) is 5.91 Å². The highest BCUT2D eigenvalue weighted by atomic mass is 32.2. The van der Waals surface area contributed by atoms with E-state index in [-0.39, 0.29) is 11.4 Å². The van der Waals surface area contributed by atoms with E-state index in [0.29, 0.717) is 12.8 Å². The van der Waals surface area contributed by atoms with Crippen LogP contribution in [0.25, 0.3) is 0 Å². The Bertz CT molecular complexity index is 791. The van der Waals surface area contributed by atoms with E-state index in [1.807, 2.05) is 6.92 Å². The molecule has 2 rings (SSSR count). The molecule has 0 aromatic heterocycles. The Morgan fingerprint density at radius 2 is 1.85 bits per heavy atom. The lowest BCUT2D eigenvalue weighted by Crippen LogP contribution is -2.45. The molecule has 9 nitrogen and oxygen atoms in total. The molecule has 1 saturated heterocycles. The molecule has 0 aliphatic carbocycles. The summed E-state index contributed by atoms with van der Waals surface area (Å²) >= 11 is 0. The van der Waals surface area contributed by atoms with Gasteiger partial charge in [0.1, 0.15) is 6.04 Å². The summed E-state index contributed by atoms with van der Waals surface area (Å²) in [6.45, 7) is 2.64. The van der Waals surface area contributed by atoms with Gasteiger partial charge < -0.3 is 4.74 Å². The van der Waals surface area contributed by atoms with Crippen molar-refractivity contribution in [1.29, 1.82) is 0 Å². The van der Waals surface area contributed by atoms with Gasteiger partial charge in [-0.05, 0) is 31.9 Å². The number of benzene rings is 1. The van der Waals surface area contributed by atoms with Gasteiger partial charge in [0.05, 0.1) is 4.90 Å². The normalized spacial score (nSPS) is 17.5. The first-order valence-corrected chi connectivity index (χ1v) is 9.46. The largest absolute Gasteiger partial charge is 0.454 e. The molecule has 1 aromatic rings. The molecule has 0 unspecified atom stereocenters. The number of nitrogens with one attached hydrogen (secondary N) is 2. The van der Waals surface area contributed by atoms with E-state index >= 15 is 0 Å². The molecule has 1 aliphatic rings. The van der Waals surface area contributed by atoms with Crippen LogP contribution in [0.2, 0.25) is 0 Å². The second kappa shape index (κ2) is 8.28. The van der Waals surface area contributed by atoms with E-state index in [1.54, 1.807) is 12.1 Å². The Balaban J connectivity index is 2.02. The average molecular weight is 383 g/mol. The summed E-state index contributed by atoms with van der Waals surface area (Å²) in [5.41, 5.74) is 5.04. The third-order valence-corrected chi connectivity index (χ3v) is 5.75. The minimum absolute atomic E-state index is 0.103. The Kier molecular flexibility index (Phi) is 6.32. The Morgan fingerprint density at radius 1 is 1.19 bits per heavy atom. The van der Waals surface area contributed by atoms with Crippen molar-refractivity contribution in [2.24, 2.45) is 0 Å². The van der Waals surface area contributed by atoms with Gasteiger partial charge in [-0.3, -0.25) is 25.2 Å². The quantitative estimate of drug-likeness (QED) is 0.539.